The van der Waals surface area contributed by atoms with Crippen molar-refractivity contribution in [2.24, 2.45) is 5.92 Å². The molecule has 0 fully saturated rings. The fraction of sp³-hybridized carbons (Fsp3) is 0.161. The zero-order valence-corrected chi connectivity index (χ0v) is 18.3. The first kappa shape index (κ1) is 19.6. The molecule has 0 aromatic heterocycles. The minimum Gasteiger partial charge on any atom is -0.0648 e. The minimum atomic E-state index is 0.635. The number of hydrogen-bond acceptors (Lipinski definition) is 0. The Kier molecular flexibility index (Phi) is 5.30. The summed E-state index contributed by atoms with van der Waals surface area (Å²) in [5.41, 5.74) is 12.1. The highest BCUT2D eigenvalue weighted by atomic mass is 14.2. The van der Waals surface area contributed by atoms with Gasteiger partial charge in [-0.2, -0.15) is 0 Å². The van der Waals surface area contributed by atoms with Crippen molar-refractivity contribution in [3.05, 3.63) is 114 Å². The van der Waals surface area contributed by atoms with E-state index in [1.165, 1.54) is 50.9 Å². The molecule has 0 N–H and O–H groups in total. The summed E-state index contributed by atoms with van der Waals surface area (Å²) in [5, 5.41) is 0. The van der Waals surface area contributed by atoms with Gasteiger partial charge in [0.05, 0.1) is 0 Å². The molecule has 0 saturated heterocycles. The van der Waals surface area contributed by atoms with Gasteiger partial charge in [-0.25, -0.2) is 0 Å². The maximum atomic E-state index is 2.42. The van der Waals surface area contributed by atoms with E-state index in [1.54, 1.807) is 5.57 Å². The van der Waals surface area contributed by atoms with E-state index >= 15 is 0 Å². The highest BCUT2D eigenvalue weighted by molar-refractivity contribution is 5.84. The first-order valence-corrected chi connectivity index (χ1v) is 11.3. The van der Waals surface area contributed by atoms with E-state index < -0.39 is 0 Å². The van der Waals surface area contributed by atoms with Crippen LogP contribution in [0.4, 0.5) is 0 Å². The summed E-state index contributed by atoms with van der Waals surface area (Å²) in [6, 6.07) is 35.3. The molecule has 0 saturated carbocycles. The van der Waals surface area contributed by atoms with Crippen molar-refractivity contribution in [2.45, 2.75) is 26.7 Å². The quantitative estimate of drug-likeness (QED) is 0.314. The third-order valence-electron chi connectivity index (χ3n) is 6.64. The maximum Gasteiger partial charge on any atom is -0.00490 e. The van der Waals surface area contributed by atoms with Gasteiger partial charge < -0.3 is 0 Å². The molecule has 0 heterocycles. The second-order valence-corrected chi connectivity index (χ2v) is 8.61. The van der Waals surface area contributed by atoms with E-state index in [1.807, 2.05) is 0 Å². The SMILES string of the molecule is CCC(C)C1=Cc2cccc(-c3cc(-c4ccccc4)cc(-c4ccccc4)c3)c2C1. The monoisotopic (exact) mass is 400 g/mol. The standard InChI is InChI=1S/C31H28/c1-3-22(2)26-17-25-15-10-16-30(31(25)21-26)29-19-27(23-11-6-4-7-12-23)18-28(20-29)24-13-8-5-9-14-24/h4-20,22H,3,21H2,1-2H3. The van der Waals surface area contributed by atoms with Crippen molar-refractivity contribution in [3.63, 3.8) is 0 Å². The van der Waals surface area contributed by atoms with Crippen molar-refractivity contribution in [2.75, 3.05) is 0 Å². The van der Waals surface area contributed by atoms with Crippen molar-refractivity contribution < 1.29 is 0 Å². The van der Waals surface area contributed by atoms with Gasteiger partial charge >= 0.3 is 0 Å². The lowest BCUT2D eigenvalue weighted by Crippen LogP contribution is -1.98. The van der Waals surface area contributed by atoms with Crippen LogP contribution in [0.25, 0.3) is 39.5 Å². The van der Waals surface area contributed by atoms with Gasteiger partial charge in [-0.3, -0.25) is 0 Å². The lowest BCUT2D eigenvalue weighted by Gasteiger charge is -2.15. The molecule has 1 atom stereocenters. The molecule has 4 aromatic carbocycles. The van der Waals surface area contributed by atoms with E-state index in [2.05, 4.69) is 117 Å². The summed E-state index contributed by atoms with van der Waals surface area (Å²) in [6.07, 6.45) is 4.68. The van der Waals surface area contributed by atoms with Crippen LogP contribution in [-0.4, -0.2) is 0 Å². The Morgan fingerprint density at radius 3 is 1.81 bits per heavy atom. The van der Waals surface area contributed by atoms with Gasteiger partial charge in [0, 0.05) is 0 Å². The highest BCUT2D eigenvalue weighted by Gasteiger charge is 2.20. The third-order valence-corrected chi connectivity index (χ3v) is 6.64. The fourth-order valence-corrected chi connectivity index (χ4v) is 4.62. The van der Waals surface area contributed by atoms with Crippen LogP contribution in [0.15, 0.2) is 103 Å². The topological polar surface area (TPSA) is 0 Å². The second kappa shape index (κ2) is 8.40. The second-order valence-electron chi connectivity index (χ2n) is 8.61. The first-order valence-electron chi connectivity index (χ1n) is 11.3. The van der Waals surface area contributed by atoms with E-state index in [9.17, 15) is 0 Å². The van der Waals surface area contributed by atoms with Gasteiger partial charge in [0.25, 0.3) is 0 Å². The molecule has 1 aliphatic rings. The summed E-state index contributed by atoms with van der Waals surface area (Å²) >= 11 is 0. The van der Waals surface area contributed by atoms with Gasteiger partial charge in [-0.05, 0) is 81.5 Å². The molecule has 0 heteroatoms. The Morgan fingerprint density at radius 2 is 1.23 bits per heavy atom. The summed E-state index contributed by atoms with van der Waals surface area (Å²) in [7, 11) is 0. The van der Waals surface area contributed by atoms with Crippen LogP contribution < -0.4 is 0 Å². The fourth-order valence-electron chi connectivity index (χ4n) is 4.62. The van der Waals surface area contributed by atoms with E-state index in [-0.39, 0.29) is 0 Å². The Bertz CT molecular complexity index is 1170. The third kappa shape index (κ3) is 3.86. The number of hydrogen-bond donors (Lipinski definition) is 0. The van der Waals surface area contributed by atoms with E-state index in [0.717, 1.165) is 6.42 Å². The first-order chi connectivity index (χ1) is 15.2. The zero-order chi connectivity index (χ0) is 21.2. The normalized spacial score (nSPS) is 13.5. The van der Waals surface area contributed by atoms with Gasteiger partial charge in [0.2, 0.25) is 0 Å². The van der Waals surface area contributed by atoms with Crippen LogP contribution in [-0.2, 0) is 6.42 Å². The maximum absolute atomic E-state index is 2.42. The average Bonchev–Trinajstić information content (AvgIpc) is 3.29. The summed E-state index contributed by atoms with van der Waals surface area (Å²) in [5.74, 6) is 0.635. The molecule has 152 valence electrons. The highest BCUT2D eigenvalue weighted by Crippen LogP contribution is 2.39. The lowest BCUT2D eigenvalue weighted by atomic mass is 9.89. The number of rotatable bonds is 5. The molecule has 0 bridgehead atoms. The lowest BCUT2D eigenvalue weighted by molar-refractivity contribution is 0.647. The van der Waals surface area contributed by atoms with Crippen LogP contribution in [0, 0.1) is 5.92 Å². The molecule has 0 aliphatic heterocycles. The van der Waals surface area contributed by atoms with Crippen LogP contribution >= 0.6 is 0 Å². The largest absolute Gasteiger partial charge is 0.0648 e. The smallest absolute Gasteiger partial charge is 0.00490 e. The summed E-state index contributed by atoms with van der Waals surface area (Å²) < 4.78 is 0. The minimum absolute atomic E-state index is 0.635. The van der Waals surface area contributed by atoms with Gasteiger partial charge in [-0.1, -0.05) is 104 Å². The molecule has 1 unspecified atom stereocenters. The van der Waals surface area contributed by atoms with Gasteiger partial charge in [0.15, 0.2) is 0 Å². The summed E-state index contributed by atoms with van der Waals surface area (Å²) in [6.45, 7) is 4.63. The van der Waals surface area contributed by atoms with Crippen molar-refractivity contribution in [1.29, 1.82) is 0 Å². The average molecular weight is 401 g/mol. The Labute approximate surface area is 185 Å². The molecule has 31 heavy (non-hydrogen) atoms. The van der Waals surface area contributed by atoms with Gasteiger partial charge in [-0.15, -0.1) is 0 Å². The molecular formula is C31H28. The Balaban J connectivity index is 1.66. The van der Waals surface area contributed by atoms with Crippen LogP contribution in [0.3, 0.4) is 0 Å². The predicted octanol–water partition coefficient (Wildman–Crippen LogP) is 8.67. The molecule has 0 nitrogen and oxygen atoms in total. The van der Waals surface area contributed by atoms with Crippen LogP contribution in [0.5, 0.6) is 0 Å². The molecule has 5 rings (SSSR count). The molecule has 0 spiro atoms. The molecule has 0 amide bonds. The number of allylic oxidation sites excluding steroid dienone is 1. The Hall–Kier alpha value is -3.38. The summed E-state index contributed by atoms with van der Waals surface area (Å²) in [4.78, 5) is 0. The van der Waals surface area contributed by atoms with Crippen LogP contribution in [0.2, 0.25) is 0 Å². The zero-order valence-electron chi connectivity index (χ0n) is 18.3. The molecule has 4 aromatic rings. The molecule has 1 aliphatic carbocycles. The van der Waals surface area contributed by atoms with Crippen molar-refractivity contribution >= 4 is 6.08 Å². The predicted molar refractivity (Wildman–Crippen MR) is 134 cm³/mol. The molecule has 0 radical (unpaired) electrons. The Morgan fingerprint density at radius 1 is 0.645 bits per heavy atom. The van der Waals surface area contributed by atoms with Crippen molar-refractivity contribution in [1.82, 2.24) is 0 Å². The molecular weight excluding hydrogens is 372 g/mol. The van der Waals surface area contributed by atoms with Crippen molar-refractivity contribution in [3.8, 4) is 33.4 Å². The van der Waals surface area contributed by atoms with Gasteiger partial charge in [0.1, 0.15) is 0 Å². The number of fused-ring (bicyclic) bond motifs is 1. The van der Waals surface area contributed by atoms with E-state index in [4.69, 9.17) is 0 Å². The van der Waals surface area contributed by atoms with E-state index in [0.29, 0.717) is 5.92 Å². The number of benzene rings is 4. The van der Waals surface area contributed by atoms with Crippen LogP contribution in [0.1, 0.15) is 31.4 Å².